The molecule has 0 spiro atoms. The highest BCUT2D eigenvalue weighted by molar-refractivity contribution is 9.10. The molecule has 0 amide bonds. The number of likely N-dealkylation sites (N-methyl/N-ethyl adjacent to an activating group) is 1. The number of nitro groups is 1. The van der Waals surface area contributed by atoms with E-state index < -0.39 is 4.92 Å². The molecule has 0 heterocycles. The molecule has 3 atom stereocenters. The van der Waals surface area contributed by atoms with Gasteiger partial charge in [0.05, 0.1) is 9.40 Å². The molecule has 0 radical (unpaired) electrons. The monoisotopic (exact) mass is 378 g/mol. The molecule has 1 aliphatic rings. The van der Waals surface area contributed by atoms with Crippen LogP contribution in [0.3, 0.4) is 0 Å². The van der Waals surface area contributed by atoms with Gasteiger partial charge < -0.3 is 14.8 Å². The van der Waals surface area contributed by atoms with E-state index in [0.717, 1.165) is 13.0 Å². The number of nitrogens with zero attached hydrogens (tertiary/aromatic N) is 1. The number of hydrogen-bond donors (Lipinski definition) is 1. The first-order chi connectivity index (χ1) is 9.97. The van der Waals surface area contributed by atoms with Crippen LogP contribution in [0.2, 0.25) is 5.02 Å². The summed E-state index contributed by atoms with van der Waals surface area (Å²) in [7, 11) is 1.61. The quantitative estimate of drug-likeness (QED) is 0.607. The highest BCUT2D eigenvalue weighted by Crippen LogP contribution is 2.41. The van der Waals surface area contributed by atoms with Crippen molar-refractivity contribution in [1.82, 2.24) is 5.32 Å². The van der Waals surface area contributed by atoms with E-state index in [0.29, 0.717) is 4.47 Å². The van der Waals surface area contributed by atoms with Crippen LogP contribution in [0.4, 0.5) is 5.69 Å². The fourth-order valence-corrected chi connectivity index (χ4v) is 3.31. The van der Waals surface area contributed by atoms with Crippen molar-refractivity contribution in [2.24, 2.45) is 0 Å². The third-order valence-electron chi connectivity index (χ3n) is 3.44. The maximum atomic E-state index is 11.1. The highest BCUT2D eigenvalue weighted by atomic mass is 79.9. The molecular weight excluding hydrogens is 364 g/mol. The highest BCUT2D eigenvalue weighted by Gasteiger charge is 2.43. The van der Waals surface area contributed by atoms with Gasteiger partial charge in [-0.25, -0.2) is 0 Å². The zero-order valence-electron chi connectivity index (χ0n) is 11.6. The average Bonchev–Trinajstić information content (AvgIpc) is 2.39. The van der Waals surface area contributed by atoms with Crippen LogP contribution in [0.25, 0.3) is 0 Å². The number of benzene rings is 1. The molecule has 3 unspecified atom stereocenters. The topological polar surface area (TPSA) is 73.6 Å². The van der Waals surface area contributed by atoms with E-state index in [1.807, 2.05) is 6.92 Å². The first kappa shape index (κ1) is 16.5. The summed E-state index contributed by atoms with van der Waals surface area (Å²) in [4.78, 5) is 10.6. The Morgan fingerprint density at radius 3 is 2.86 bits per heavy atom. The summed E-state index contributed by atoms with van der Waals surface area (Å²) in [5.41, 5.74) is -0.156. The van der Waals surface area contributed by atoms with Crippen molar-refractivity contribution in [2.75, 3.05) is 13.7 Å². The van der Waals surface area contributed by atoms with Crippen LogP contribution in [0.5, 0.6) is 5.75 Å². The normalized spacial score (nSPS) is 24.5. The maximum absolute atomic E-state index is 11.1. The molecule has 0 aromatic heterocycles. The fourth-order valence-electron chi connectivity index (χ4n) is 2.43. The summed E-state index contributed by atoms with van der Waals surface area (Å²) < 4.78 is 11.7. The Morgan fingerprint density at radius 1 is 1.57 bits per heavy atom. The lowest BCUT2D eigenvalue weighted by molar-refractivity contribution is -0.386. The van der Waals surface area contributed by atoms with Gasteiger partial charge in [0, 0.05) is 30.7 Å². The number of hydrogen-bond acceptors (Lipinski definition) is 5. The summed E-state index contributed by atoms with van der Waals surface area (Å²) >= 11 is 9.11. The lowest BCUT2D eigenvalue weighted by atomic mass is 9.85. The molecule has 1 N–H and O–H groups in total. The van der Waals surface area contributed by atoms with E-state index in [2.05, 4.69) is 21.2 Å². The van der Waals surface area contributed by atoms with Gasteiger partial charge in [0.1, 0.15) is 12.2 Å². The number of ether oxygens (including phenoxy) is 2. The van der Waals surface area contributed by atoms with Crippen LogP contribution in [0, 0.1) is 10.1 Å². The summed E-state index contributed by atoms with van der Waals surface area (Å²) in [6.45, 7) is 2.85. The largest absolute Gasteiger partial charge is 0.480 e. The number of methoxy groups -OCH3 is 1. The molecule has 2 rings (SSSR count). The SMILES string of the molecule is CCNC1CC(Oc2c(Br)cc(Cl)cc2[N+](=O)[O-])C1OC. The van der Waals surface area contributed by atoms with Gasteiger partial charge >= 0.3 is 5.69 Å². The Morgan fingerprint density at radius 2 is 2.29 bits per heavy atom. The van der Waals surface area contributed by atoms with Crippen molar-refractivity contribution in [3.05, 3.63) is 31.7 Å². The molecule has 1 aromatic carbocycles. The minimum absolute atomic E-state index is 0.132. The molecule has 1 saturated carbocycles. The van der Waals surface area contributed by atoms with E-state index in [4.69, 9.17) is 21.1 Å². The van der Waals surface area contributed by atoms with Crippen molar-refractivity contribution in [1.29, 1.82) is 0 Å². The lowest BCUT2D eigenvalue weighted by Crippen LogP contribution is -2.60. The Labute approximate surface area is 136 Å². The second kappa shape index (κ2) is 6.91. The number of halogens is 2. The van der Waals surface area contributed by atoms with E-state index >= 15 is 0 Å². The van der Waals surface area contributed by atoms with Crippen molar-refractivity contribution >= 4 is 33.2 Å². The number of nitro benzene ring substituents is 1. The van der Waals surface area contributed by atoms with Crippen LogP contribution in [-0.2, 0) is 4.74 Å². The smallest absolute Gasteiger partial charge is 0.313 e. The maximum Gasteiger partial charge on any atom is 0.313 e. The van der Waals surface area contributed by atoms with Gasteiger partial charge in [-0.05, 0) is 28.5 Å². The van der Waals surface area contributed by atoms with E-state index in [9.17, 15) is 10.1 Å². The Bertz CT molecular complexity index is 543. The fraction of sp³-hybridized carbons (Fsp3) is 0.538. The van der Waals surface area contributed by atoms with Crippen LogP contribution < -0.4 is 10.1 Å². The van der Waals surface area contributed by atoms with Gasteiger partial charge in [0.2, 0.25) is 5.75 Å². The predicted molar refractivity (Wildman–Crippen MR) is 83.1 cm³/mol. The standard InChI is InChI=1S/C13H16BrClN2O4/c1-3-16-9-6-11(13(9)20-2)21-12-8(14)4-7(15)5-10(12)17(18)19/h4-5,9,11,13,16H,3,6H2,1-2H3. The Hall–Kier alpha value is -0.890. The molecule has 0 bridgehead atoms. The first-order valence-corrected chi connectivity index (χ1v) is 7.71. The Balaban J connectivity index is 2.19. The zero-order valence-corrected chi connectivity index (χ0v) is 14.0. The van der Waals surface area contributed by atoms with Gasteiger partial charge in [-0.2, -0.15) is 0 Å². The second-order valence-electron chi connectivity index (χ2n) is 4.75. The predicted octanol–water partition coefficient (Wildman–Crippen LogP) is 3.15. The van der Waals surface area contributed by atoms with Gasteiger partial charge in [-0.15, -0.1) is 0 Å². The van der Waals surface area contributed by atoms with Crippen molar-refractivity contribution in [2.45, 2.75) is 31.6 Å². The minimum atomic E-state index is -0.506. The lowest BCUT2D eigenvalue weighted by Gasteiger charge is -2.43. The number of rotatable bonds is 6. The van der Waals surface area contributed by atoms with Crippen molar-refractivity contribution in [3.8, 4) is 5.75 Å². The van der Waals surface area contributed by atoms with Crippen molar-refractivity contribution in [3.63, 3.8) is 0 Å². The first-order valence-electron chi connectivity index (χ1n) is 6.54. The van der Waals surface area contributed by atoms with E-state index in [1.54, 1.807) is 13.2 Å². The van der Waals surface area contributed by atoms with Crippen LogP contribution >= 0.6 is 27.5 Å². The van der Waals surface area contributed by atoms with Gasteiger partial charge in [-0.3, -0.25) is 10.1 Å². The molecule has 6 nitrogen and oxygen atoms in total. The summed E-state index contributed by atoms with van der Waals surface area (Å²) in [5, 5.41) is 14.7. The van der Waals surface area contributed by atoms with Gasteiger partial charge in [0.25, 0.3) is 0 Å². The molecule has 21 heavy (non-hydrogen) atoms. The third-order valence-corrected chi connectivity index (χ3v) is 4.25. The summed E-state index contributed by atoms with van der Waals surface area (Å²) in [6.07, 6.45) is 0.376. The minimum Gasteiger partial charge on any atom is -0.480 e. The average molecular weight is 380 g/mol. The molecule has 8 heteroatoms. The molecule has 116 valence electrons. The van der Waals surface area contributed by atoms with Crippen LogP contribution in [-0.4, -0.2) is 36.8 Å². The summed E-state index contributed by atoms with van der Waals surface area (Å²) in [6, 6.07) is 3.06. The van der Waals surface area contributed by atoms with Crippen LogP contribution in [0.1, 0.15) is 13.3 Å². The van der Waals surface area contributed by atoms with Crippen molar-refractivity contribution < 1.29 is 14.4 Å². The van der Waals surface area contributed by atoms with Crippen LogP contribution in [0.15, 0.2) is 16.6 Å². The van der Waals surface area contributed by atoms with Gasteiger partial charge in [-0.1, -0.05) is 18.5 Å². The molecule has 1 aliphatic carbocycles. The zero-order chi connectivity index (χ0) is 15.6. The summed E-state index contributed by atoms with van der Waals surface area (Å²) in [5.74, 6) is 0.186. The Kier molecular flexibility index (Phi) is 5.43. The molecular formula is C13H16BrClN2O4. The molecule has 0 saturated heterocycles. The van der Waals surface area contributed by atoms with E-state index in [1.165, 1.54) is 6.07 Å². The molecule has 1 aromatic rings. The van der Waals surface area contributed by atoms with E-state index in [-0.39, 0.29) is 34.7 Å². The second-order valence-corrected chi connectivity index (χ2v) is 6.04. The molecule has 0 aliphatic heterocycles. The number of nitrogens with one attached hydrogen (secondary N) is 1. The third kappa shape index (κ3) is 3.48. The van der Waals surface area contributed by atoms with Gasteiger partial charge in [0.15, 0.2) is 0 Å². The molecule has 1 fully saturated rings.